The zero-order valence-corrected chi connectivity index (χ0v) is 9.87. The molecule has 6 nitrogen and oxygen atoms in total. The minimum atomic E-state index is -1.15. The molecule has 2 aromatic heterocycles. The average molecular weight is 261 g/mol. The lowest BCUT2D eigenvalue weighted by Gasteiger charge is -2.03. The Morgan fingerprint density at radius 2 is 2.21 bits per heavy atom. The molecule has 0 saturated heterocycles. The predicted molar refractivity (Wildman–Crippen MR) is 63.1 cm³/mol. The van der Waals surface area contributed by atoms with Crippen LogP contribution in [0.5, 0.6) is 0 Å². The van der Waals surface area contributed by atoms with Crippen molar-refractivity contribution < 1.29 is 24.2 Å². The quantitative estimate of drug-likeness (QED) is 0.816. The number of aliphatic hydroxyl groups is 1. The molecule has 2 N–H and O–H groups in total. The fourth-order valence-corrected chi connectivity index (χ4v) is 2.45. The minimum Gasteiger partial charge on any atom is -0.478 e. The lowest BCUT2D eigenvalue weighted by molar-refractivity contribution is 0.0689. The van der Waals surface area contributed by atoms with E-state index in [9.17, 15) is 14.7 Å². The second kappa shape index (κ2) is 4.10. The van der Waals surface area contributed by atoms with Crippen molar-refractivity contribution in [1.82, 2.24) is 4.57 Å². The molecule has 1 aliphatic rings. The molecular weight excluding hydrogens is 250 g/mol. The molecule has 0 unspecified atom stereocenters. The third-order valence-electron chi connectivity index (χ3n) is 3.29. The molecule has 19 heavy (non-hydrogen) atoms. The molecule has 1 aliphatic heterocycles. The van der Waals surface area contributed by atoms with Gasteiger partial charge in [0.15, 0.2) is 5.76 Å². The molecule has 6 heteroatoms. The molecule has 0 radical (unpaired) electrons. The Balaban J connectivity index is 2.14. The summed E-state index contributed by atoms with van der Waals surface area (Å²) in [5, 5.41) is 19.0. The molecule has 0 aliphatic carbocycles. The number of carbonyl (C=O) groups excluding carboxylic acids is 1. The number of hydrogen-bond donors (Lipinski definition) is 2. The third kappa shape index (κ3) is 1.68. The Hall–Kier alpha value is -2.34. The average Bonchev–Trinajstić information content (AvgIpc) is 3.05. The van der Waals surface area contributed by atoms with Crippen LogP contribution in [0.4, 0.5) is 0 Å². The summed E-state index contributed by atoms with van der Waals surface area (Å²) in [6.07, 6.45) is 0.951. The summed E-state index contributed by atoms with van der Waals surface area (Å²) >= 11 is 0. The van der Waals surface area contributed by atoms with Gasteiger partial charge in [0, 0.05) is 6.54 Å². The summed E-state index contributed by atoms with van der Waals surface area (Å²) in [6.45, 7) is 0.422. The van der Waals surface area contributed by atoms with Gasteiger partial charge in [0.05, 0.1) is 29.3 Å². The fourth-order valence-electron chi connectivity index (χ4n) is 2.45. The number of nitrogens with zero attached hydrogens (tertiary/aromatic N) is 1. The van der Waals surface area contributed by atoms with E-state index in [0.717, 1.165) is 0 Å². The van der Waals surface area contributed by atoms with Gasteiger partial charge in [-0.3, -0.25) is 4.79 Å². The molecule has 0 amide bonds. The Labute approximate surface area is 107 Å². The summed E-state index contributed by atoms with van der Waals surface area (Å²) in [5.41, 5.74) is 0.501. The van der Waals surface area contributed by atoms with E-state index in [4.69, 9.17) is 9.52 Å². The first-order valence-electron chi connectivity index (χ1n) is 5.82. The van der Waals surface area contributed by atoms with Crippen molar-refractivity contribution in [2.45, 2.75) is 19.1 Å². The monoisotopic (exact) mass is 261 g/mol. The molecular formula is C13H11NO5. The number of furan rings is 1. The first kappa shape index (κ1) is 11.7. The van der Waals surface area contributed by atoms with Crippen LogP contribution in [0.3, 0.4) is 0 Å². The number of carboxylic acid groups (broad SMARTS) is 1. The topological polar surface area (TPSA) is 92.7 Å². The number of hydrogen-bond acceptors (Lipinski definition) is 4. The van der Waals surface area contributed by atoms with E-state index in [1.165, 1.54) is 18.4 Å². The molecule has 0 aromatic carbocycles. The van der Waals surface area contributed by atoms with Crippen LogP contribution in [-0.2, 0) is 6.54 Å². The molecule has 0 saturated carbocycles. The van der Waals surface area contributed by atoms with Gasteiger partial charge in [-0.15, -0.1) is 0 Å². The highest BCUT2D eigenvalue weighted by Crippen LogP contribution is 2.33. The standard InChI is InChI=1S/C13H11NO5/c15-9-3-4-14-8(6-7(11(9)14)13(17)18)12(16)10-2-1-5-19-10/h1-2,5-6,9,15H,3-4H2,(H,17,18)/t9-/m0/s1. The van der Waals surface area contributed by atoms with Gasteiger partial charge in [-0.1, -0.05) is 0 Å². The Morgan fingerprint density at radius 1 is 1.42 bits per heavy atom. The van der Waals surface area contributed by atoms with Crippen LogP contribution < -0.4 is 0 Å². The summed E-state index contributed by atoms with van der Waals surface area (Å²) in [5.74, 6) is -1.38. The Bertz CT molecular complexity index is 653. The summed E-state index contributed by atoms with van der Waals surface area (Å²) in [6, 6.07) is 4.41. The van der Waals surface area contributed by atoms with Crippen molar-refractivity contribution in [3.05, 3.63) is 47.2 Å². The van der Waals surface area contributed by atoms with Gasteiger partial charge in [-0.25, -0.2) is 4.79 Å². The largest absolute Gasteiger partial charge is 0.478 e. The number of aromatic nitrogens is 1. The summed E-state index contributed by atoms with van der Waals surface area (Å²) in [4.78, 5) is 23.4. The van der Waals surface area contributed by atoms with E-state index < -0.39 is 12.1 Å². The molecule has 3 rings (SSSR count). The first-order chi connectivity index (χ1) is 9.09. The number of fused-ring (bicyclic) bond motifs is 1. The van der Waals surface area contributed by atoms with Gasteiger partial charge < -0.3 is 19.2 Å². The number of ketones is 1. The van der Waals surface area contributed by atoms with Gasteiger partial charge in [0.1, 0.15) is 0 Å². The number of carboxylic acids is 1. The molecule has 0 fully saturated rings. The van der Waals surface area contributed by atoms with Gasteiger partial charge in [-0.2, -0.15) is 0 Å². The lowest BCUT2D eigenvalue weighted by atomic mass is 10.1. The maximum atomic E-state index is 12.2. The van der Waals surface area contributed by atoms with Crippen LogP contribution >= 0.6 is 0 Å². The van der Waals surface area contributed by atoms with Crippen LogP contribution in [0.2, 0.25) is 0 Å². The minimum absolute atomic E-state index is 0.0279. The van der Waals surface area contributed by atoms with E-state index in [0.29, 0.717) is 18.7 Å². The highest BCUT2D eigenvalue weighted by atomic mass is 16.4. The van der Waals surface area contributed by atoms with E-state index >= 15 is 0 Å². The summed E-state index contributed by atoms with van der Waals surface area (Å²) < 4.78 is 6.59. The molecule has 1 atom stereocenters. The van der Waals surface area contributed by atoms with Crippen LogP contribution in [-0.4, -0.2) is 26.5 Å². The summed E-state index contributed by atoms with van der Waals surface area (Å²) in [7, 11) is 0. The van der Waals surface area contributed by atoms with Crippen molar-refractivity contribution in [1.29, 1.82) is 0 Å². The van der Waals surface area contributed by atoms with Gasteiger partial charge >= 0.3 is 5.97 Å². The second-order valence-electron chi connectivity index (χ2n) is 4.40. The van der Waals surface area contributed by atoms with Crippen LogP contribution in [0.25, 0.3) is 0 Å². The van der Waals surface area contributed by atoms with E-state index in [2.05, 4.69) is 0 Å². The number of aromatic carboxylic acids is 1. The first-order valence-corrected chi connectivity index (χ1v) is 5.82. The zero-order chi connectivity index (χ0) is 13.6. The van der Waals surface area contributed by atoms with Gasteiger partial charge in [-0.05, 0) is 24.6 Å². The smallest absolute Gasteiger partial charge is 0.337 e. The van der Waals surface area contributed by atoms with Crippen molar-refractivity contribution in [2.75, 3.05) is 0 Å². The zero-order valence-electron chi connectivity index (χ0n) is 9.87. The number of aliphatic hydroxyl groups excluding tert-OH is 1. The van der Waals surface area contributed by atoms with E-state index in [1.54, 1.807) is 10.6 Å². The van der Waals surface area contributed by atoms with E-state index in [1.807, 2.05) is 0 Å². The van der Waals surface area contributed by atoms with E-state index in [-0.39, 0.29) is 22.8 Å². The Morgan fingerprint density at radius 3 is 2.84 bits per heavy atom. The maximum Gasteiger partial charge on any atom is 0.337 e. The van der Waals surface area contributed by atoms with Crippen LogP contribution in [0, 0.1) is 0 Å². The molecule has 98 valence electrons. The van der Waals surface area contributed by atoms with Gasteiger partial charge in [0.2, 0.25) is 5.78 Å². The SMILES string of the molecule is O=C(O)c1cc(C(=O)c2ccco2)n2c1[C@@H](O)CC2. The van der Waals surface area contributed by atoms with Crippen LogP contribution in [0.15, 0.2) is 28.9 Å². The maximum absolute atomic E-state index is 12.2. The normalized spacial score (nSPS) is 17.4. The third-order valence-corrected chi connectivity index (χ3v) is 3.29. The van der Waals surface area contributed by atoms with Gasteiger partial charge in [0.25, 0.3) is 0 Å². The van der Waals surface area contributed by atoms with Crippen molar-refractivity contribution in [2.24, 2.45) is 0 Å². The van der Waals surface area contributed by atoms with Crippen molar-refractivity contribution in [3.63, 3.8) is 0 Å². The molecule has 0 bridgehead atoms. The van der Waals surface area contributed by atoms with Crippen molar-refractivity contribution >= 4 is 11.8 Å². The number of carbonyl (C=O) groups is 2. The van der Waals surface area contributed by atoms with Crippen LogP contribution in [0.1, 0.15) is 44.8 Å². The Kier molecular flexibility index (Phi) is 2.53. The highest BCUT2D eigenvalue weighted by molar-refractivity contribution is 6.07. The molecule has 2 aromatic rings. The fraction of sp³-hybridized carbons (Fsp3) is 0.231. The molecule has 3 heterocycles. The van der Waals surface area contributed by atoms with Crippen molar-refractivity contribution in [3.8, 4) is 0 Å². The second-order valence-corrected chi connectivity index (χ2v) is 4.40. The lowest BCUT2D eigenvalue weighted by Crippen LogP contribution is -2.08. The predicted octanol–water partition coefficient (Wildman–Crippen LogP) is 1.45. The highest BCUT2D eigenvalue weighted by Gasteiger charge is 2.32. The number of rotatable bonds is 3. The molecule has 0 spiro atoms.